The van der Waals surface area contributed by atoms with Gasteiger partial charge in [0.15, 0.2) is 5.41 Å². The molecule has 0 spiro atoms. The number of rotatable bonds is 11. The van der Waals surface area contributed by atoms with Crippen molar-refractivity contribution in [2.45, 2.75) is 59.5 Å². The van der Waals surface area contributed by atoms with Crippen LogP contribution in [-0.4, -0.2) is 5.97 Å². The largest absolute Gasteiger partial charge is 0.489 e. The summed E-state index contributed by atoms with van der Waals surface area (Å²) < 4.78 is 11.3. The second-order valence-corrected chi connectivity index (χ2v) is 7.70. The lowest BCUT2D eigenvalue weighted by Crippen LogP contribution is -2.36. The molecule has 0 bridgehead atoms. The number of hydrogen-bond donors (Lipinski definition) is 0. The third kappa shape index (κ3) is 6.64. The lowest BCUT2D eigenvalue weighted by Gasteiger charge is -2.26. The summed E-state index contributed by atoms with van der Waals surface area (Å²) in [5, 5.41) is 9.66. The summed E-state index contributed by atoms with van der Waals surface area (Å²) in [6.07, 6.45) is 5.33. The van der Waals surface area contributed by atoms with Gasteiger partial charge in [-0.1, -0.05) is 69.9 Å². The average molecular weight is 394 g/mol. The number of nitrogens with zero attached hydrogens (tertiary/aromatic N) is 1. The van der Waals surface area contributed by atoms with Crippen molar-refractivity contribution in [2.24, 2.45) is 11.3 Å². The van der Waals surface area contributed by atoms with Crippen LogP contribution in [0.5, 0.6) is 11.5 Å². The molecule has 154 valence electrons. The first kappa shape index (κ1) is 22.5. The first-order chi connectivity index (χ1) is 14.0. The minimum absolute atomic E-state index is 0.0645. The Bertz CT molecular complexity index is 795. The van der Waals surface area contributed by atoms with Gasteiger partial charge in [0.05, 0.1) is 6.07 Å². The van der Waals surface area contributed by atoms with Gasteiger partial charge in [-0.3, -0.25) is 0 Å². The number of carbonyl (C=O) groups is 1. The monoisotopic (exact) mass is 393 g/mol. The van der Waals surface area contributed by atoms with Crippen molar-refractivity contribution in [1.82, 2.24) is 0 Å². The molecule has 2 aromatic rings. The van der Waals surface area contributed by atoms with Gasteiger partial charge in [0, 0.05) is 0 Å². The zero-order valence-electron chi connectivity index (χ0n) is 17.7. The Morgan fingerprint density at radius 1 is 1.03 bits per heavy atom. The van der Waals surface area contributed by atoms with Crippen molar-refractivity contribution in [3.8, 4) is 17.6 Å². The summed E-state index contributed by atoms with van der Waals surface area (Å²) in [7, 11) is 0. The first-order valence-electron chi connectivity index (χ1n) is 10.4. The van der Waals surface area contributed by atoms with E-state index in [4.69, 9.17) is 9.47 Å². The second kappa shape index (κ2) is 11.3. The molecule has 0 fully saturated rings. The van der Waals surface area contributed by atoms with Gasteiger partial charge in [-0.15, -0.1) is 0 Å². The van der Waals surface area contributed by atoms with E-state index in [2.05, 4.69) is 13.0 Å². The van der Waals surface area contributed by atoms with E-state index in [0.29, 0.717) is 18.1 Å². The van der Waals surface area contributed by atoms with Crippen molar-refractivity contribution in [3.05, 3.63) is 60.2 Å². The molecule has 4 nitrogen and oxygen atoms in total. The number of esters is 1. The maximum atomic E-state index is 12.7. The average Bonchev–Trinajstić information content (AvgIpc) is 2.76. The molecule has 0 aliphatic rings. The van der Waals surface area contributed by atoms with Crippen LogP contribution in [-0.2, 0) is 11.4 Å². The molecule has 2 rings (SSSR count). The van der Waals surface area contributed by atoms with Gasteiger partial charge in [0.1, 0.15) is 18.1 Å². The Morgan fingerprint density at radius 2 is 1.69 bits per heavy atom. The normalized spacial score (nSPS) is 13.7. The molecular formula is C25H31NO3. The molecule has 4 heteroatoms. The van der Waals surface area contributed by atoms with Crippen molar-refractivity contribution < 1.29 is 14.3 Å². The highest BCUT2D eigenvalue weighted by molar-refractivity contribution is 5.82. The lowest BCUT2D eigenvalue weighted by molar-refractivity contribution is -0.144. The van der Waals surface area contributed by atoms with E-state index in [1.54, 1.807) is 31.2 Å². The molecule has 0 saturated carbocycles. The van der Waals surface area contributed by atoms with Crippen LogP contribution in [0.3, 0.4) is 0 Å². The molecule has 0 aliphatic carbocycles. The highest BCUT2D eigenvalue weighted by atomic mass is 16.5. The molecule has 0 aromatic heterocycles. The van der Waals surface area contributed by atoms with Crippen LogP contribution in [0.2, 0.25) is 0 Å². The molecule has 0 aliphatic heterocycles. The number of unbranched alkanes of at least 4 members (excludes halogenated alkanes) is 3. The van der Waals surface area contributed by atoms with Crippen molar-refractivity contribution in [3.63, 3.8) is 0 Å². The van der Waals surface area contributed by atoms with Crippen LogP contribution >= 0.6 is 0 Å². The second-order valence-electron chi connectivity index (χ2n) is 7.70. The number of hydrogen-bond acceptors (Lipinski definition) is 4. The Labute approximate surface area is 174 Å². The van der Waals surface area contributed by atoms with E-state index >= 15 is 0 Å². The molecular weight excluding hydrogens is 362 g/mol. The number of nitriles is 1. The summed E-state index contributed by atoms with van der Waals surface area (Å²) in [6.45, 7) is 6.27. The molecule has 0 N–H and O–H groups in total. The summed E-state index contributed by atoms with van der Waals surface area (Å²) >= 11 is 0. The molecule has 0 saturated heterocycles. The van der Waals surface area contributed by atoms with Crippen LogP contribution in [0.1, 0.15) is 58.4 Å². The molecule has 0 radical (unpaired) electrons. The van der Waals surface area contributed by atoms with E-state index < -0.39 is 11.4 Å². The number of carbonyl (C=O) groups excluding carboxylic acids is 1. The quantitative estimate of drug-likeness (QED) is 0.255. The maximum Gasteiger partial charge on any atom is 0.331 e. The van der Waals surface area contributed by atoms with Crippen LogP contribution < -0.4 is 9.47 Å². The van der Waals surface area contributed by atoms with Gasteiger partial charge in [-0.05, 0) is 49.1 Å². The highest BCUT2D eigenvalue weighted by Gasteiger charge is 2.40. The van der Waals surface area contributed by atoms with Gasteiger partial charge in [0.2, 0.25) is 0 Å². The first-order valence-corrected chi connectivity index (χ1v) is 10.4. The Morgan fingerprint density at radius 3 is 2.31 bits per heavy atom. The fraction of sp³-hybridized carbons (Fsp3) is 0.440. The van der Waals surface area contributed by atoms with Crippen LogP contribution in [0.25, 0.3) is 0 Å². The Balaban J connectivity index is 1.91. The minimum Gasteiger partial charge on any atom is -0.489 e. The summed E-state index contributed by atoms with van der Waals surface area (Å²) in [5.74, 6) is 0.550. The maximum absolute atomic E-state index is 12.7. The fourth-order valence-electron chi connectivity index (χ4n) is 3.08. The van der Waals surface area contributed by atoms with Crippen molar-refractivity contribution in [1.29, 1.82) is 5.26 Å². The summed E-state index contributed by atoms with van der Waals surface area (Å²) in [5.41, 5.74) is -0.0740. The Hall–Kier alpha value is -2.80. The molecule has 0 amide bonds. The van der Waals surface area contributed by atoms with Gasteiger partial charge >= 0.3 is 5.97 Å². The third-order valence-electron chi connectivity index (χ3n) is 5.42. The predicted molar refractivity (Wildman–Crippen MR) is 114 cm³/mol. The van der Waals surface area contributed by atoms with Crippen LogP contribution in [0.4, 0.5) is 0 Å². The van der Waals surface area contributed by atoms with Crippen molar-refractivity contribution >= 4 is 5.97 Å². The third-order valence-corrected chi connectivity index (χ3v) is 5.42. The van der Waals surface area contributed by atoms with Gasteiger partial charge < -0.3 is 9.47 Å². The SMILES string of the molecule is CCCCCC[C@@H](C)C(C)(C#N)C(=O)Oc1ccc(OCc2ccccc2)cc1. The molecule has 1 unspecified atom stereocenters. The Kier molecular flexibility index (Phi) is 8.73. The molecule has 2 aromatic carbocycles. The number of ether oxygens (including phenoxy) is 2. The van der Waals surface area contributed by atoms with Gasteiger partial charge in [-0.2, -0.15) is 5.26 Å². The van der Waals surface area contributed by atoms with E-state index in [1.165, 1.54) is 6.42 Å². The standard InChI is InChI=1S/C25H31NO3/c1-4-5-6-8-11-20(2)25(3,19-26)24(27)29-23-16-14-22(15-17-23)28-18-21-12-9-7-10-13-21/h7,9-10,12-17,20H,4-6,8,11,18H2,1-3H3/t20-,25?/m1/s1. The molecule has 2 atom stereocenters. The lowest BCUT2D eigenvalue weighted by atomic mass is 9.76. The van der Waals surface area contributed by atoms with E-state index in [9.17, 15) is 10.1 Å². The van der Waals surface area contributed by atoms with Gasteiger partial charge in [-0.25, -0.2) is 4.79 Å². The zero-order chi connectivity index (χ0) is 21.1. The summed E-state index contributed by atoms with van der Waals surface area (Å²) in [4.78, 5) is 12.7. The van der Waals surface area contributed by atoms with E-state index in [-0.39, 0.29) is 5.92 Å². The predicted octanol–water partition coefficient (Wildman–Crippen LogP) is 6.31. The van der Waals surface area contributed by atoms with E-state index in [0.717, 1.165) is 31.2 Å². The van der Waals surface area contributed by atoms with Crippen LogP contribution in [0.15, 0.2) is 54.6 Å². The molecule has 29 heavy (non-hydrogen) atoms. The van der Waals surface area contributed by atoms with E-state index in [1.807, 2.05) is 37.3 Å². The topological polar surface area (TPSA) is 59.3 Å². The highest BCUT2D eigenvalue weighted by Crippen LogP contribution is 2.33. The van der Waals surface area contributed by atoms with Crippen LogP contribution in [0, 0.1) is 22.7 Å². The smallest absolute Gasteiger partial charge is 0.331 e. The fourth-order valence-corrected chi connectivity index (χ4v) is 3.08. The van der Waals surface area contributed by atoms with Crippen molar-refractivity contribution in [2.75, 3.05) is 0 Å². The van der Waals surface area contributed by atoms with Gasteiger partial charge in [0.25, 0.3) is 0 Å². The summed E-state index contributed by atoms with van der Waals surface area (Å²) in [6, 6.07) is 19.0. The zero-order valence-corrected chi connectivity index (χ0v) is 17.7. The minimum atomic E-state index is -1.16. The number of benzene rings is 2. The molecule has 0 heterocycles.